The molecule has 0 unspecified atom stereocenters. The van der Waals surface area contributed by atoms with E-state index in [-0.39, 0.29) is 0 Å². The summed E-state index contributed by atoms with van der Waals surface area (Å²) in [5.74, 6) is 1.19. The van der Waals surface area contributed by atoms with E-state index >= 15 is 0 Å². The van der Waals surface area contributed by atoms with Crippen molar-refractivity contribution >= 4 is 23.4 Å². The van der Waals surface area contributed by atoms with Crippen molar-refractivity contribution in [2.24, 2.45) is 0 Å². The normalized spacial score (nSPS) is 10.4. The van der Waals surface area contributed by atoms with Crippen LogP contribution in [-0.2, 0) is 13.0 Å². The summed E-state index contributed by atoms with van der Waals surface area (Å²) in [6.07, 6.45) is 3.63. The summed E-state index contributed by atoms with van der Waals surface area (Å²) in [7, 11) is 0. The van der Waals surface area contributed by atoms with Crippen LogP contribution < -0.4 is 10.6 Å². The lowest BCUT2D eigenvalue weighted by Gasteiger charge is -2.08. The molecular weight excluding hydrogens is 334 g/mol. The fourth-order valence-electron chi connectivity index (χ4n) is 2.43. The maximum atomic E-state index is 6.16. The molecule has 1 heterocycles. The van der Waals surface area contributed by atoms with Gasteiger partial charge in [0, 0.05) is 18.1 Å². The SMILES string of the molecule is Clc1ccccc1CNc1cnnc(NCCCc2ccccc2)n1. The minimum Gasteiger partial charge on any atom is -0.364 e. The van der Waals surface area contributed by atoms with E-state index in [1.165, 1.54) is 5.56 Å². The third-order valence-electron chi connectivity index (χ3n) is 3.74. The van der Waals surface area contributed by atoms with Gasteiger partial charge in [0.2, 0.25) is 5.95 Å². The minimum atomic E-state index is 0.525. The predicted molar refractivity (Wildman–Crippen MR) is 102 cm³/mol. The molecule has 0 aliphatic carbocycles. The highest BCUT2D eigenvalue weighted by atomic mass is 35.5. The largest absolute Gasteiger partial charge is 0.364 e. The molecule has 6 heteroatoms. The van der Waals surface area contributed by atoms with E-state index < -0.39 is 0 Å². The van der Waals surface area contributed by atoms with Gasteiger partial charge >= 0.3 is 0 Å². The fourth-order valence-corrected chi connectivity index (χ4v) is 2.63. The summed E-state index contributed by atoms with van der Waals surface area (Å²) in [6, 6.07) is 18.1. The summed E-state index contributed by atoms with van der Waals surface area (Å²) in [6.45, 7) is 1.39. The number of aryl methyl sites for hydroxylation is 1. The van der Waals surface area contributed by atoms with Crippen LogP contribution in [0.1, 0.15) is 17.5 Å². The molecule has 0 radical (unpaired) electrons. The molecule has 0 aliphatic heterocycles. The second kappa shape index (κ2) is 8.99. The molecule has 128 valence electrons. The third kappa shape index (κ3) is 5.43. The Kier molecular flexibility index (Phi) is 6.17. The van der Waals surface area contributed by atoms with Crippen LogP contribution in [0.4, 0.5) is 11.8 Å². The molecule has 0 amide bonds. The zero-order chi connectivity index (χ0) is 17.3. The lowest BCUT2D eigenvalue weighted by molar-refractivity contribution is 0.842. The van der Waals surface area contributed by atoms with Gasteiger partial charge in [0.25, 0.3) is 0 Å². The van der Waals surface area contributed by atoms with E-state index in [0.29, 0.717) is 18.3 Å². The first-order chi connectivity index (χ1) is 12.3. The molecule has 2 aromatic carbocycles. The van der Waals surface area contributed by atoms with Gasteiger partial charge in [-0.25, -0.2) is 0 Å². The number of nitrogens with one attached hydrogen (secondary N) is 2. The van der Waals surface area contributed by atoms with Crippen LogP contribution in [0.15, 0.2) is 60.8 Å². The Morgan fingerprint density at radius 1 is 0.920 bits per heavy atom. The highest BCUT2D eigenvalue weighted by molar-refractivity contribution is 6.31. The summed E-state index contributed by atoms with van der Waals surface area (Å²) >= 11 is 6.16. The van der Waals surface area contributed by atoms with Crippen LogP contribution in [-0.4, -0.2) is 21.7 Å². The van der Waals surface area contributed by atoms with Gasteiger partial charge in [-0.1, -0.05) is 60.1 Å². The molecule has 5 nitrogen and oxygen atoms in total. The number of halogens is 1. The quantitative estimate of drug-likeness (QED) is 0.595. The van der Waals surface area contributed by atoms with Gasteiger partial charge in [0.05, 0.1) is 6.20 Å². The number of aromatic nitrogens is 3. The molecule has 0 saturated carbocycles. The molecule has 3 rings (SSSR count). The number of rotatable bonds is 8. The zero-order valence-corrected chi connectivity index (χ0v) is 14.6. The number of benzene rings is 2. The Labute approximate surface area is 152 Å². The number of anilines is 2. The van der Waals surface area contributed by atoms with Crippen molar-refractivity contribution in [3.8, 4) is 0 Å². The maximum absolute atomic E-state index is 6.16. The predicted octanol–water partition coefficient (Wildman–Crippen LogP) is 4.18. The molecule has 3 aromatic rings. The van der Waals surface area contributed by atoms with Crippen molar-refractivity contribution < 1.29 is 0 Å². The highest BCUT2D eigenvalue weighted by Crippen LogP contribution is 2.16. The van der Waals surface area contributed by atoms with Gasteiger partial charge in [0.15, 0.2) is 5.82 Å². The second-order valence-corrected chi connectivity index (χ2v) is 6.03. The Morgan fingerprint density at radius 3 is 2.56 bits per heavy atom. The molecule has 0 saturated heterocycles. The summed E-state index contributed by atoms with van der Waals surface area (Å²) in [5.41, 5.74) is 2.35. The first-order valence-electron chi connectivity index (χ1n) is 8.26. The van der Waals surface area contributed by atoms with E-state index in [4.69, 9.17) is 11.6 Å². The summed E-state index contributed by atoms with van der Waals surface area (Å²) in [4.78, 5) is 4.42. The molecule has 0 aliphatic rings. The van der Waals surface area contributed by atoms with E-state index in [1.54, 1.807) is 6.20 Å². The standard InChI is InChI=1S/C19H20ClN5/c20-17-11-5-4-10-16(17)13-22-18-14-23-25-19(24-18)21-12-6-9-15-7-2-1-3-8-15/h1-5,7-8,10-11,14H,6,9,12-13H2,(H2,21,22,24,25). The molecule has 1 aromatic heterocycles. The molecule has 25 heavy (non-hydrogen) atoms. The van der Waals surface area contributed by atoms with E-state index in [9.17, 15) is 0 Å². The summed E-state index contributed by atoms with van der Waals surface area (Å²) < 4.78 is 0. The van der Waals surface area contributed by atoms with E-state index in [2.05, 4.69) is 50.1 Å². The van der Waals surface area contributed by atoms with E-state index in [1.807, 2.05) is 30.3 Å². The van der Waals surface area contributed by atoms with Gasteiger partial charge in [-0.2, -0.15) is 10.1 Å². The monoisotopic (exact) mass is 353 g/mol. The van der Waals surface area contributed by atoms with Crippen molar-refractivity contribution in [3.63, 3.8) is 0 Å². The van der Waals surface area contributed by atoms with Gasteiger partial charge in [-0.05, 0) is 30.0 Å². The molecule has 0 fully saturated rings. The van der Waals surface area contributed by atoms with Crippen LogP contribution in [0.5, 0.6) is 0 Å². The van der Waals surface area contributed by atoms with Crippen LogP contribution in [0, 0.1) is 0 Å². The van der Waals surface area contributed by atoms with Gasteiger partial charge in [-0.15, -0.1) is 5.10 Å². The van der Waals surface area contributed by atoms with Crippen molar-refractivity contribution in [1.29, 1.82) is 0 Å². The zero-order valence-electron chi connectivity index (χ0n) is 13.8. The fraction of sp³-hybridized carbons (Fsp3) is 0.211. The van der Waals surface area contributed by atoms with Crippen LogP contribution in [0.2, 0.25) is 5.02 Å². The van der Waals surface area contributed by atoms with Crippen molar-refractivity contribution in [2.45, 2.75) is 19.4 Å². The molecule has 0 bridgehead atoms. The van der Waals surface area contributed by atoms with Crippen LogP contribution in [0.25, 0.3) is 0 Å². The van der Waals surface area contributed by atoms with Crippen molar-refractivity contribution in [2.75, 3.05) is 17.2 Å². The lowest BCUT2D eigenvalue weighted by atomic mass is 10.1. The van der Waals surface area contributed by atoms with Crippen molar-refractivity contribution in [3.05, 3.63) is 76.9 Å². The first kappa shape index (κ1) is 17.2. The minimum absolute atomic E-state index is 0.525. The summed E-state index contributed by atoms with van der Waals surface area (Å²) in [5, 5.41) is 15.2. The van der Waals surface area contributed by atoms with E-state index in [0.717, 1.165) is 30.0 Å². The Hall–Kier alpha value is -2.66. The van der Waals surface area contributed by atoms with Crippen LogP contribution in [0.3, 0.4) is 0 Å². The molecule has 0 spiro atoms. The average Bonchev–Trinajstić information content (AvgIpc) is 2.66. The van der Waals surface area contributed by atoms with Crippen LogP contribution >= 0.6 is 11.6 Å². The molecular formula is C19H20ClN5. The van der Waals surface area contributed by atoms with Gasteiger partial charge < -0.3 is 10.6 Å². The molecule has 0 atom stereocenters. The Balaban J connectivity index is 1.47. The third-order valence-corrected chi connectivity index (χ3v) is 4.11. The van der Waals surface area contributed by atoms with Crippen molar-refractivity contribution in [1.82, 2.24) is 15.2 Å². The first-order valence-corrected chi connectivity index (χ1v) is 8.64. The highest BCUT2D eigenvalue weighted by Gasteiger charge is 2.02. The number of hydrogen-bond acceptors (Lipinski definition) is 5. The average molecular weight is 354 g/mol. The Bertz CT molecular complexity index is 795. The second-order valence-electron chi connectivity index (χ2n) is 5.63. The molecule has 2 N–H and O–H groups in total. The maximum Gasteiger partial charge on any atom is 0.244 e. The smallest absolute Gasteiger partial charge is 0.244 e. The number of hydrogen-bond donors (Lipinski definition) is 2. The van der Waals surface area contributed by atoms with Gasteiger partial charge in [0.1, 0.15) is 0 Å². The Morgan fingerprint density at radius 2 is 1.72 bits per heavy atom. The lowest BCUT2D eigenvalue weighted by Crippen LogP contribution is -2.09. The number of nitrogens with zero attached hydrogens (tertiary/aromatic N) is 3. The van der Waals surface area contributed by atoms with Gasteiger partial charge in [-0.3, -0.25) is 0 Å². The topological polar surface area (TPSA) is 62.7 Å².